The third kappa shape index (κ3) is 3.08. The van der Waals surface area contributed by atoms with Crippen LogP contribution < -0.4 is 4.74 Å². The number of benzene rings is 1. The van der Waals surface area contributed by atoms with Crippen LogP contribution in [0.5, 0.6) is 5.75 Å². The van der Waals surface area contributed by atoms with Gasteiger partial charge in [0, 0.05) is 17.1 Å². The largest absolute Gasteiger partial charge is 0.492 e. The van der Waals surface area contributed by atoms with Crippen molar-refractivity contribution in [2.45, 2.75) is 19.8 Å². The Morgan fingerprint density at radius 2 is 2.25 bits per heavy atom. The molecule has 5 heteroatoms. The first-order chi connectivity index (χ1) is 7.31. The van der Waals surface area contributed by atoms with Crippen LogP contribution in [0.2, 0.25) is 0 Å². The van der Waals surface area contributed by atoms with Crippen molar-refractivity contribution in [2.24, 2.45) is 0 Å². The zero-order valence-electron chi connectivity index (χ0n) is 8.88. The Morgan fingerprint density at radius 3 is 3.00 bits per heavy atom. The van der Waals surface area contributed by atoms with Crippen LogP contribution in [0.1, 0.15) is 19.8 Å². The van der Waals surface area contributed by atoms with Gasteiger partial charge in [0.15, 0.2) is 3.95 Å². The van der Waals surface area contributed by atoms with E-state index in [9.17, 15) is 0 Å². The Kier molecular flexibility index (Phi) is 5.49. The van der Waals surface area contributed by atoms with E-state index >= 15 is 0 Å². The minimum absolute atomic E-state index is 0. The maximum atomic E-state index is 5.72. The van der Waals surface area contributed by atoms with Crippen molar-refractivity contribution in [3.63, 3.8) is 0 Å². The number of unbranched alkanes of at least 4 members (excludes halogenated alkanes) is 1. The van der Waals surface area contributed by atoms with Gasteiger partial charge in [-0.05, 0) is 30.8 Å². The average Bonchev–Trinajstić information content (AvgIpc) is 2.59. The molecule has 0 aliphatic heterocycles. The predicted molar refractivity (Wildman–Crippen MR) is 67.4 cm³/mol. The molecule has 0 atom stereocenters. The number of aromatic amines is 1. The first-order valence-electron chi connectivity index (χ1n) is 5.06. The molecule has 0 spiro atoms. The van der Waals surface area contributed by atoms with Gasteiger partial charge in [-0.15, -0.1) is 11.3 Å². The molecule has 0 saturated heterocycles. The van der Waals surface area contributed by atoms with E-state index in [0.29, 0.717) is 0 Å². The third-order valence-electron chi connectivity index (χ3n) is 2.17. The van der Waals surface area contributed by atoms with Gasteiger partial charge in [-0.3, -0.25) is 0 Å². The van der Waals surface area contributed by atoms with E-state index < -0.39 is 0 Å². The van der Waals surface area contributed by atoms with Gasteiger partial charge < -0.3 is 9.72 Å². The molecule has 0 saturated carbocycles. The topological polar surface area (TPSA) is 25.0 Å². The molecule has 0 aliphatic rings. The Morgan fingerprint density at radius 1 is 1.44 bits per heavy atom. The normalized spacial score (nSPS) is 10.1. The molecule has 0 bridgehead atoms. The Hall–Kier alpha value is -0.351. The van der Waals surface area contributed by atoms with E-state index in [4.69, 9.17) is 17.0 Å². The number of hydrogen-bond acceptors (Lipinski definition) is 3. The summed E-state index contributed by atoms with van der Waals surface area (Å²) in [5.74, 6) is 0.943. The summed E-state index contributed by atoms with van der Waals surface area (Å²) in [6.07, 6.45) is 2.24. The van der Waals surface area contributed by atoms with Crippen molar-refractivity contribution < 1.29 is 21.8 Å². The molecular weight excluding hydrogens is 290 g/mol. The van der Waals surface area contributed by atoms with Gasteiger partial charge in [-0.1, -0.05) is 19.4 Å². The second-order valence-electron chi connectivity index (χ2n) is 3.35. The number of hydrogen-bond donors (Lipinski definition) is 1. The summed E-state index contributed by atoms with van der Waals surface area (Å²) in [4.78, 5) is 3.14. The van der Waals surface area contributed by atoms with Crippen LogP contribution in [0, 0.1) is 3.95 Å². The number of rotatable bonds is 4. The van der Waals surface area contributed by atoms with E-state index in [1.807, 2.05) is 18.2 Å². The molecule has 0 aliphatic carbocycles. The van der Waals surface area contributed by atoms with Crippen LogP contribution in [0.3, 0.4) is 0 Å². The molecule has 1 heterocycles. The molecule has 1 aromatic carbocycles. The van der Waals surface area contributed by atoms with Crippen LogP contribution in [0.25, 0.3) is 10.2 Å². The van der Waals surface area contributed by atoms with Gasteiger partial charge in [-0.25, -0.2) is 0 Å². The number of aromatic nitrogens is 1. The molecule has 1 aromatic heterocycles. The SMILES string of the molecule is CCCCOc1cccc2[nH]c(=S)sc12.[Cu]. The predicted octanol–water partition coefficient (Wildman–Crippen LogP) is 4.14. The van der Waals surface area contributed by atoms with E-state index in [1.165, 1.54) is 0 Å². The average molecular weight is 303 g/mol. The van der Waals surface area contributed by atoms with Crippen molar-refractivity contribution in [1.29, 1.82) is 0 Å². The second-order valence-corrected chi connectivity index (χ2v) is 5.04. The van der Waals surface area contributed by atoms with Crippen molar-refractivity contribution in [1.82, 2.24) is 4.98 Å². The smallest absolute Gasteiger partial charge is 0.159 e. The van der Waals surface area contributed by atoms with Crippen LogP contribution in [0.4, 0.5) is 0 Å². The van der Waals surface area contributed by atoms with Gasteiger partial charge in [0.25, 0.3) is 0 Å². The second kappa shape index (κ2) is 6.40. The number of fused-ring (bicyclic) bond motifs is 1. The Labute approximate surface area is 115 Å². The van der Waals surface area contributed by atoms with Crippen molar-refractivity contribution in [3.8, 4) is 5.75 Å². The maximum Gasteiger partial charge on any atom is 0.159 e. The van der Waals surface area contributed by atoms with E-state index in [0.717, 1.165) is 39.4 Å². The molecule has 1 N–H and O–H groups in total. The van der Waals surface area contributed by atoms with Crippen molar-refractivity contribution >= 4 is 33.8 Å². The zero-order valence-corrected chi connectivity index (χ0v) is 11.5. The minimum Gasteiger partial charge on any atom is -0.492 e. The fourth-order valence-electron chi connectivity index (χ4n) is 1.39. The summed E-state index contributed by atoms with van der Waals surface area (Å²) in [5.41, 5.74) is 1.07. The summed E-state index contributed by atoms with van der Waals surface area (Å²) in [5, 5.41) is 0. The molecule has 2 nitrogen and oxygen atoms in total. The molecule has 0 amide bonds. The van der Waals surface area contributed by atoms with Crippen LogP contribution in [-0.4, -0.2) is 11.6 Å². The molecule has 0 unspecified atom stereocenters. The van der Waals surface area contributed by atoms with Crippen molar-refractivity contribution in [3.05, 3.63) is 22.2 Å². The van der Waals surface area contributed by atoms with Gasteiger partial charge >= 0.3 is 0 Å². The third-order valence-corrected chi connectivity index (χ3v) is 3.43. The van der Waals surface area contributed by atoms with E-state index in [1.54, 1.807) is 11.3 Å². The van der Waals surface area contributed by atoms with Crippen LogP contribution in [0.15, 0.2) is 18.2 Å². The molecule has 16 heavy (non-hydrogen) atoms. The summed E-state index contributed by atoms with van der Waals surface area (Å²) >= 11 is 6.69. The monoisotopic (exact) mass is 302 g/mol. The summed E-state index contributed by atoms with van der Waals surface area (Å²) < 4.78 is 7.64. The summed E-state index contributed by atoms with van der Waals surface area (Å²) in [6, 6.07) is 6.01. The molecule has 91 valence electrons. The van der Waals surface area contributed by atoms with Crippen LogP contribution >= 0.6 is 23.6 Å². The van der Waals surface area contributed by atoms with Gasteiger partial charge in [-0.2, -0.15) is 0 Å². The maximum absolute atomic E-state index is 5.72. The first-order valence-corrected chi connectivity index (χ1v) is 6.28. The number of H-pyrrole nitrogens is 1. The molecule has 2 aromatic rings. The van der Waals surface area contributed by atoms with Crippen LogP contribution in [-0.2, 0) is 17.1 Å². The quantitative estimate of drug-likeness (QED) is 0.522. The number of nitrogens with one attached hydrogen (secondary N) is 1. The minimum atomic E-state index is 0. The number of thiazole rings is 1. The van der Waals surface area contributed by atoms with Gasteiger partial charge in [0.1, 0.15) is 5.75 Å². The van der Waals surface area contributed by atoms with Crippen molar-refractivity contribution in [2.75, 3.05) is 6.61 Å². The fraction of sp³-hybridized carbons (Fsp3) is 0.364. The molecule has 1 radical (unpaired) electrons. The molecule has 0 fully saturated rings. The number of ether oxygens (including phenoxy) is 1. The van der Waals surface area contributed by atoms with Gasteiger partial charge in [0.2, 0.25) is 0 Å². The Bertz CT molecular complexity index is 506. The van der Waals surface area contributed by atoms with E-state index in [-0.39, 0.29) is 17.1 Å². The first kappa shape index (κ1) is 13.7. The van der Waals surface area contributed by atoms with Gasteiger partial charge in [0.05, 0.1) is 16.8 Å². The van der Waals surface area contributed by atoms with E-state index in [2.05, 4.69) is 11.9 Å². The summed E-state index contributed by atoms with van der Waals surface area (Å²) in [6.45, 7) is 2.94. The standard InChI is InChI=1S/C11H13NOS2.Cu/c1-2-3-7-13-9-6-4-5-8-10(9)15-11(14)12-8;/h4-6H,2-3,7H2,1H3,(H,12,14);. The Balaban J connectivity index is 0.00000128. The molecule has 2 rings (SSSR count). The zero-order chi connectivity index (χ0) is 10.7. The summed E-state index contributed by atoms with van der Waals surface area (Å²) in [7, 11) is 0. The molecular formula is C11H13CuNOS2. The fourth-order valence-corrected chi connectivity index (χ4v) is 2.55.